The number of hydrogen-bond donors (Lipinski definition) is 2. The lowest BCUT2D eigenvalue weighted by Crippen LogP contribution is -2.41. The summed E-state index contributed by atoms with van der Waals surface area (Å²) in [5.74, 6) is 0.159. The number of sulfonamides is 1. The van der Waals surface area contributed by atoms with Crippen LogP contribution in [0.4, 0.5) is 0 Å². The number of pyridine rings is 1. The molecule has 35 heavy (non-hydrogen) atoms. The number of aromatic nitrogens is 3. The molecule has 3 aromatic heterocycles. The molecule has 0 saturated carbocycles. The molecule has 4 aromatic rings. The summed E-state index contributed by atoms with van der Waals surface area (Å²) < 4.78 is 35.8. The van der Waals surface area contributed by atoms with Crippen LogP contribution in [0.1, 0.15) is 56.6 Å². The van der Waals surface area contributed by atoms with E-state index >= 15 is 0 Å². The Balaban J connectivity index is 1.68. The fourth-order valence-electron chi connectivity index (χ4n) is 3.78. The van der Waals surface area contributed by atoms with Gasteiger partial charge in [-0.15, -0.1) is 0 Å². The number of nitrogens with one attached hydrogen (secondary N) is 2. The maximum Gasteiger partial charge on any atom is 0.252 e. The van der Waals surface area contributed by atoms with Gasteiger partial charge in [0.1, 0.15) is 5.69 Å². The monoisotopic (exact) mass is 495 g/mol. The molecule has 0 atom stereocenters. The topological polar surface area (TPSA) is 119 Å². The van der Waals surface area contributed by atoms with Crippen molar-refractivity contribution in [2.75, 3.05) is 0 Å². The fraction of sp³-hybridized carbons (Fsp3) is 0.320. The van der Waals surface area contributed by atoms with Gasteiger partial charge in [-0.1, -0.05) is 18.2 Å². The first kappa shape index (κ1) is 24.6. The Hall–Kier alpha value is -3.50. The summed E-state index contributed by atoms with van der Waals surface area (Å²) in [6, 6.07) is 11.8. The number of amides is 1. The minimum atomic E-state index is -3.78. The average Bonchev–Trinajstić information content (AvgIpc) is 3.45. The van der Waals surface area contributed by atoms with Crippen LogP contribution in [0.2, 0.25) is 0 Å². The largest absolute Gasteiger partial charge is 0.463 e. The summed E-state index contributed by atoms with van der Waals surface area (Å²) in [7, 11) is -3.78. The molecule has 9 nitrogen and oxygen atoms in total. The molecular weight excluding hydrogens is 466 g/mol. The molecule has 0 aliphatic carbocycles. The summed E-state index contributed by atoms with van der Waals surface area (Å²) in [6.07, 6.45) is 3.17. The Labute approximate surface area is 204 Å². The molecule has 2 N–H and O–H groups in total. The van der Waals surface area contributed by atoms with Crippen LogP contribution in [0.15, 0.2) is 64.2 Å². The zero-order valence-electron chi connectivity index (χ0n) is 20.4. The predicted molar refractivity (Wildman–Crippen MR) is 133 cm³/mol. The van der Waals surface area contributed by atoms with E-state index in [1.54, 1.807) is 74.3 Å². The first-order valence-electron chi connectivity index (χ1n) is 11.3. The van der Waals surface area contributed by atoms with Gasteiger partial charge in [-0.3, -0.25) is 4.79 Å². The molecule has 0 radical (unpaired) electrons. The molecule has 10 heteroatoms. The summed E-state index contributed by atoms with van der Waals surface area (Å²) >= 11 is 0. The summed E-state index contributed by atoms with van der Waals surface area (Å²) in [5.41, 5.74) is 1.29. The molecular formula is C25H29N5O4S. The minimum Gasteiger partial charge on any atom is -0.463 e. The van der Waals surface area contributed by atoms with Crippen LogP contribution in [-0.2, 0) is 16.6 Å². The highest BCUT2D eigenvalue weighted by Gasteiger charge is 2.25. The SMILES string of the molecule is CC(C)n1ncc2c(C(=O)NCc3ccccc3S(=O)(=O)NC(C)(C)C)cc(-c3ccco3)nc21. The lowest BCUT2D eigenvalue weighted by atomic mass is 10.1. The molecule has 1 aromatic carbocycles. The molecule has 0 unspecified atom stereocenters. The highest BCUT2D eigenvalue weighted by Crippen LogP contribution is 2.27. The number of rotatable bonds is 7. The quantitative estimate of drug-likeness (QED) is 0.395. The van der Waals surface area contributed by atoms with Crippen LogP contribution in [-0.4, -0.2) is 34.6 Å². The van der Waals surface area contributed by atoms with Crippen molar-refractivity contribution in [2.45, 2.75) is 57.6 Å². The van der Waals surface area contributed by atoms with Gasteiger partial charge in [-0.05, 0) is 64.4 Å². The van der Waals surface area contributed by atoms with Gasteiger partial charge in [0, 0.05) is 18.1 Å². The third kappa shape index (κ3) is 5.28. The summed E-state index contributed by atoms with van der Waals surface area (Å²) in [6.45, 7) is 9.32. The second kappa shape index (κ2) is 9.27. The van der Waals surface area contributed by atoms with Gasteiger partial charge >= 0.3 is 0 Å². The van der Waals surface area contributed by atoms with E-state index in [2.05, 4.69) is 20.1 Å². The number of fused-ring (bicyclic) bond motifs is 1. The standard InChI is InChI=1S/C25H29N5O4S/c1-16(2)30-23-19(15-27-30)18(13-20(28-23)21-10-8-12-34-21)24(31)26-14-17-9-6-7-11-22(17)35(32,33)29-25(3,4)5/h6-13,15-16,29H,14H2,1-5H3,(H,26,31). The second-order valence-electron chi connectivity index (χ2n) is 9.60. The molecule has 0 bridgehead atoms. The van der Waals surface area contributed by atoms with Crippen LogP contribution in [0.3, 0.4) is 0 Å². The Bertz CT molecular complexity index is 1470. The third-order valence-electron chi connectivity index (χ3n) is 5.22. The normalized spacial score (nSPS) is 12.4. The third-order valence-corrected chi connectivity index (χ3v) is 7.07. The van der Waals surface area contributed by atoms with Crippen molar-refractivity contribution >= 4 is 27.0 Å². The van der Waals surface area contributed by atoms with Crippen LogP contribution < -0.4 is 10.0 Å². The zero-order chi connectivity index (χ0) is 25.4. The molecule has 1 amide bonds. The van der Waals surface area contributed by atoms with Crippen LogP contribution in [0, 0.1) is 0 Å². The Morgan fingerprint density at radius 1 is 1.14 bits per heavy atom. The van der Waals surface area contributed by atoms with Gasteiger partial charge in [0.15, 0.2) is 11.4 Å². The maximum atomic E-state index is 13.4. The predicted octanol–water partition coefficient (Wildman–Crippen LogP) is 4.28. The van der Waals surface area contributed by atoms with Gasteiger partial charge < -0.3 is 9.73 Å². The van der Waals surface area contributed by atoms with Crippen LogP contribution >= 0.6 is 0 Å². The first-order chi connectivity index (χ1) is 16.5. The molecule has 0 fully saturated rings. The minimum absolute atomic E-state index is 0.0261. The van der Waals surface area contributed by atoms with Crippen molar-refractivity contribution in [1.82, 2.24) is 24.8 Å². The Kier molecular flexibility index (Phi) is 6.52. The molecule has 4 rings (SSSR count). The molecule has 0 aliphatic heterocycles. The molecule has 0 aliphatic rings. The number of furan rings is 1. The van der Waals surface area contributed by atoms with Crippen molar-refractivity contribution < 1.29 is 17.6 Å². The van der Waals surface area contributed by atoms with Crippen molar-refractivity contribution in [3.05, 3.63) is 66.1 Å². The highest BCUT2D eigenvalue weighted by atomic mass is 32.2. The number of carbonyl (C=O) groups is 1. The van der Waals surface area contributed by atoms with E-state index in [1.165, 1.54) is 6.07 Å². The number of hydrogen-bond acceptors (Lipinski definition) is 6. The Morgan fingerprint density at radius 3 is 2.54 bits per heavy atom. The molecule has 0 spiro atoms. The average molecular weight is 496 g/mol. The summed E-state index contributed by atoms with van der Waals surface area (Å²) in [5, 5.41) is 7.88. The van der Waals surface area contributed by atoms with Gasteiger partial charge in [0.2, 0.25) is 10.0 Å². The number of benzene rings is 1. The zero-order valence-corrected chi connectivity index (χ0v) is 21.2. The molecule has 0 saturated heterocycles. The van der Waals surface area contributed by atoms with Crippen molar-refractivity contribution in [2.24, 2.45) is 0 Å². The fourth-order valence-corrected chi connectivity index (χ4v) is 5.43. The van der Waals surface area contributed by atoms with E-state index in [4.69, 9.17) is 4.42 Å². The molecule has 3 heterocycles. The lowest BCUT2D eigenvalue weighted by molar-refractivity contribution is 0.0952. The van der Waals surface area contributed by atoms with Gasteiger partial charge in [0.05, 0.1) is 28.3 Å². The molecule has 184 valence electrons. The highest BCUT2D eigenvalue weighted by molar-refractivity contribution is 7.89. The number of carbonyl (C=O) groups excluding carboxylic acids is 1. The van der Waals surface area contributed by atoms with Gasteiger partial charge in [0.25, 0.3) is 5.91 Å². The maximum absolute atomic E-state index is 13.4. The van der Waals surface area contributed by atoms with E-state index in [-0.39, 0.29) is 23.4 Å². The van der Waals surface area contributed by atoms with Crippen molar-refractivity contribution in [3.63, 3.8) is 0 Å². The van der Waals surface area contributed by atoms with Crippen molar-refractivity contribution in [3.8, 4) is 11.5 Å². The lowest BCUT2D eigenvalue weighted by Gasteiger charge is -2.21. The smallest absolute Gasteiger partial charge is 0.252 e. The van der Waals surface area contributed by atoms with Crippen molar-refractivity contribution in [1.29, 1.82) is 0 Å². The second-order valence-corrected chi connectivity index (χ2v) is 11.2. The van der Waals surface area contributed by atoms with E-state index in [1.807, 2.05) is 13.8 Å². The number of nitrogens with zero attached hydrogens (tertiary/aromatic N) is 3. The van der Waals surface area contributed by atoms with E-state index < -0.39 is 15.6 Å². The van der Waals surface area contributed by atoms with Crippen LogP contribution in [0.5, 0.6) is 0 Å². The van der Waals surface area contributed by atoms with E-state index in [0.29, 0.717) is 33.6 Å². The van der Waals surface area contributed by atoms with E-state index in [9.17, 15) is 13.2 Å². The van der Waals surface area contributed by atoms with Gasteiger partial charge in [-0.25, -0.2) is 22.8 Å². The van der Waals surface area contributed by atoms with Gasteiger partial charge in [-0.2, -0.15) is 5.10 Å². The first-order valence-corrected chi connectivity index (χ1v) is 12.8. The van der Waals surface area contributed by atoms with E-state index in [0.717, 1.165) is 0 Å². The van der Waals surface area contributed by atoms with Crippen LogP contribution in [0.25, 0.3) is 22.5 Å². The Morgan fingerprint density at radius 2 is 1.89 bits per heavy atom. The summed E-state index contributed by atoms with van der Waals surface area (Å²) in [4.78, 5) is 18.2.